The molecule has 0 atom stereocenters. The lowest BCUT2D eigenvalue weighted by Gasteiger charge is -1.88. The first-order chi connectivity index (χ1) is 6.70. The molecule has 0 bridgehead atoms. The summed E-state index contributed by atoms with van der Waals surface area (Å²) in [5.41, 5.74) is 1.99. The third-order valence-electron chi connectivity index (χ3n) is 1.97. The molecule has 2 heterocycles. The van der Waals surface area contributed by atoms with E-state index in [-0.39, 0.29) is 0 Å². The van der Waals surface area contributed by atoms with Gasteiger partial charge in [-0.25, -0.2) is 0 Å². The predicted octanol–water partition coefficient (Wildman–Crippen LogP) is 1.29. The molecule has 74 valence electrons. The van der Waals surface area contributed by atoms with Crippen LogP contribution >= 0.6 is 11.3 Å². The standard InChI is InChI=1S/C8H11N5S/c1-5-4-6(12-13(5)3)7-10-11-8(9-2)14-7/h4H,1-3H3,(H,9,11). The average molecular weight is 209 g/mol. The van der Waals surface area contributed by atoms with Gasteiger partial charge in [-0.1, -0.05) is 11.3 Å². The highest BCUT2D eigenvalue weighted by Crippen LogP contribution is 2.24. The lowest BCUT2D eigenvalue weighted by Crippen LogP contribution is -1.92. The minimum atomic E-state index is 0.809. The molecule has 6 heteroatoms. The molecule has 0 aliphatic heterocycles. The number of hydrogen-bond donors (Lipinski definition) is 1. The first-order valence-electron chi connectivity index (χ1n) is 4.23. The number of anilines is 1. The van der Waals surface area contributed by atoms with E-state index in [0.717, 1.165) is 21.5 Å². The number of aromatic nitrogens is 4. The van der Waals surface area contributed by atoms with E-state index in [4.69, 9.17) is 0 Å². The van der Waals surface area contributed by atoms with E-state index in [1.54, 1.807) is 0 Å². The van der Waals surface area contributed by atoms with Crippen molar-refractivity contribution < 1.29 is 0 Å². The summed E-state index contributed by atoms with van der Waals surface area (Å²) in [6.45, 7) is 2.01. The average Bonchev–Trinajstić information content (AvgIpc) is 2.74. The van der Waals surface area contributed by atoms with Crippen molar-refractivity contribution in [3.05, 3.63) is 11.8 Å². The second kappa shape index (κ2) is 3.38. The third-order valence-corrected chi connectivity index (χ3v) is 2.94. The molecule has 14 heavy (non-hydrogen) atoms. The predicted molar refractivity (Wildman–Crippen MR) is 56.4 cm³/mol. The van der Waals surface area contributed by atoms with Gasteiger partial charge in [-0.05, 0) is 13.0 Å². The molecule has 0 aromatic carbocycles. The van der Waals surface area contributed by atoms with Gasteiger partial charge in [-0.2, -0.15) is 5.10 Å². The van der Waals surface area contributed by atoms with Gasteiger partial charge in [-0.15, -0.1) is 10.2 Å². The van der Waals surface area contributed by atoms with Gasteiger partial charge in [-0.3, -0.25) is 4.68 Å². The number of hydrogen-bond acceptors (Lipinski definition) is 5. The van der Waals surface area contributed by atoms with Crippen LogP contribution in [-0.4, -0.2) is 27.0 Å². The fourth-order valence-corrected chi connectivity index (χ4v) is 1.75. The van der Waals surface area contributed by atoms with E-state index >= 15 is 0 Å². The summed E-state index contributed by atoms with van der Waals surface area (Å²) >= 11 is 1.50. The number of nitrogens with one attached hydrogen (secondary N) is 1. The molecule has 5 nitrogen and oxygen atoms in total. The molecule has 2 rings (SSSR count). The fourth-order valence-electron chi connectivity index (χ4n) is 1.09. The summed E-state index contributed by atoms with van der Waals surface area (Å²) in [6, 6.07) is 2.00. The molecule has 0 fully saturated rings. The van der Waals surface area contributed by atoms with Gasteiger partial charge < -0.3 is 5.32 Å². The summed E-state index contributed by atoms with van der Waals surface area (Å²) in [7, 11) is 3.74. The lowest BCUT2D eigenvalue weighted by molar-refractivity contribution is 0.742. The molecule has 0 unspecified atom stereocenters. The zero-order chi connectivity index (χ0) is 10.1. The lowest BCUT2D eigenvalue weighted by atomic mass is 10.4. The Bertz CT molecular complexity index is 425. The summed E-state index contributed by atoms with van der Waals surface area (Å²) in [5.74, 6) is 0. The Labute approximate surface area is 85.8 Å². The van der Waals surface area contributed by atoms with Crippen LogP contribution in [0.4, 0.5) is 5.13 Å². The minimum Gasteiger partial charge on any atom is -0.363 e. The molecule has 0 aliphatic rings. The molecule has 0 radical (unpaired) electrons. The molecular weight excluding hydrogens is 198 g/mol. The van der Waals surface area contributed by atoms with Crippen molar-refractivity contribution in [2.45, 2.75) is 6.92 Å². The Balaban J connectivity index is 2.39. The van der Waals surface area contributed by atoms with Crippen LogP contribution < -0.4 is 5.32 Å². The summed E-state index contributed by atoms with van der Waals surface area (Å²) in [6.07, 6.45) is 0. The van der Waals surface area contributed by atoms with Gasteiger partial charge >= 0.3 is 0 Å². The molecule has 0 spiro atoms. The molecule has 2 aromatic rings. The largest absolute Gasteiger partial charge is 0.363 e. The molecule has 0 aliphatic carbocycles. The fraction of sp³-hybridized carbons (Fsp3) is 0.375. The van der Waals surface area contributed by atoms with Crippen molar-refractivity contribution in [3.8, 4) is 10.7 Å². The molecule has 0 saturated carbocycles. The number of nitrogens with zero attached hydrogens (tertiary/aromatic N) is 4. The van der Waals surface area contributed by atoms with Gasteiger partial charge in [0.15, 0.2) is 5.01 Å². The maximum absolute atomic E-state index is 4.32. The van der Waals surface area contributed by atoms with Crippen molar-refractivity contribution in [1.82, 2.24) is 20.0 Å². The van der Waals surface area contributed by atoms with E-state index in [1.165, 1.54) is 11.3 Å². The Morgan fingerprint density at radius 1 is 1.43 bits per heavy atom. The second-order valence-electron chi connectivity index (χ2n) is 2.96. The van der Waals surface area contributed by atoms with E-state index in [0.29, 0.717) is 0 Å². The van der Waals surface area contributed by atoms with Gasteiger partial charge in [0.1, 0.15) is 5.69 Å². The zero-order valence-electron chi connectivity index (χ0n) is 8.27. The normalized spacial score (nSPS) is 10.5. The van der Waals surface area contributed by atoms with E-state index in [9.17, 15) is 0 Å². The van der Waals surface area contributed by atoms with Gasteiger partial charge in [0, 0.05) is 19.8 Å². The van der Waals surface area contributed by atoms with Crippen LogP contribution in [0, 0.1) is 6.92 Å². The highest BCUT2D eigenvalue weighted by molar-refractivity contribution is 7.18. The Hall–Kier alpha value is -1.43. The van der Waals surface area contributed by atoms with Crippen LogP contribution in [0.3, 0.4) is 0 Å². The molecular formula is C8H11N5S. The van der Waals surface area contributed by atoms with Crippen molar-refractivity contribution in [3.63, 3.8) is 0 Å². The van der Waals surface area contributed by atoms with E-state index < -0.39 is 0 Å². The Morgan fingerprint density at radius 3 is 2.71 bits per heavy atom. The third kappa shape index (κ3) is 1.48. The van der Waals surface area contributed by atoms with Crippen LogP contribution in [-0.2, 0) is 7.05 Å². The van der Waals surface area contributed by atoms with E-state index in [2.05, 4.69) is 20.6 Å². The first kappa shape index (κ1) is 9.14. The van der Waals surface area contributed by atoms with Crippen molar-refractivity contribution in [2.24, 2.45) is 7.05 Å². The van der Waals surface area contributed by atoms with Crippen LogP contribution in [0.25, 0.3) is 10.7 Å². The zero-order valence-corrected chi connectivity index (χ0v) is 9.09. The van der Waals surface area contributed by atoms with Gasteiger partial charge in [0.2, 0.25) is 5.13 Å². The summed E-state index contributed by atoms with van der Waals surface area (Å²) in [4.78, 5) is 0. The highest BCUT2D eigenvalue weighted by atomic mass is 32.1. The first-order valence-corrected chi connectivity index (χ1v) is 5.04. The van der Waals surface area contributed by atoms with E-state index in [1.807, 2.05) is 31.8 Å². The van der Waals surface area contributed by atoms with Crippen LogP contribution in [0.2, 0.25) is 0 Å². The maximum atomic E-state index is 4.32. The summed E-state index contributed by atoms with van der Waals surface area (Å²) in [5, 5.41) is 16.9. The van der Waals surface area contributed by atoms with Crippen molar-refractivity contribution in [2.75, 3.05) is 12.4 Å². The maximum Gasteiger partial charge on any atom is 0.205 e. The monoisotopic (exact) mass is 209 g/mol. The Kier molecular flexibility index (Phi) is 2.20. The van der Waals surface area contributed by atoms with Crippen LogP contribution in [0.1, 0.15) is 5.69 Å². The van der Waals surface area contributed by atoms with Crippen molar-refractivity contribution >= 4 is 16.5 Å². The molecule has 2 aromatic heterocycles. The second-order valence-corrected chi connectivity index (χ2v) is 3.93. The van der Waals surface area contributed by atoms with Gasteiger partial charge in [0.25, 0.3) is 0 Å². The molecule has 1 N–H and O–H groups in total. The quantitative estimate of drug-likeness (QED) is 0.809. The van der Waals surface area contributed by atoms with Crippen molar-refractivity contribution in [1.29, 1.82) is 0 Å². The minimum absolute atomic E-state index is 0.809. The SMILES string of the molecule is CNc1nnc(-c2cc(C)n(C)n2)s1. The number of aryl methyl sites for hydroxylation is 2. The smallest absolute Gasteiger partial charge is 0.205 e. The van der Waals surface area contributed by atoms with Crippen LogP contribution in [0.15, 0.2) is 6.07 Å². The van der Waals surface area contributed by atoms with Gasteiger partial charge in [0.05, 0.1) is 0 Å². The van der Waals surface area contributed by atoms with Crippen LogP contribution in [0.5, 0.6) is 0 Å². The summed E-state index contributed by atoms with van der Waals surface area (Å²) < 4.78 is 1.83. The Morgan fingerprint density at radius 2 is 2.21 bits per heavy atom. The number of rotatable bonds is 2. The topological polar surface area (TPSA) is 55.6 Å². The highest BCUT2D eigenvalue weighted by Gasteiger charge is 2.09. The molecule has 0 saturated heterocycles. The molecule has 0 amide bonds.